The van der Waals surface area contributed by atoms with Crippen LogP contribution in [0.4, 0.5) is 0 Å². The quantitative estimate of drug-likeness (QED) is 0.870. The van der Waals surface area contributed by atoms with Gasteiger partial charge in [-0.3, -0.25) is 4.79 Å². The van der Waals surface area contributed by atoms with Crippen LogP contribution in [0.3, 0.4) is 0 Å². The Morgan fingerprint density at radius 2 is 2.17 bits per heavy atom. The number of rotatable bonds is 5. The molecule has 98 valence electrons. The maximum atomic E-state index is 10.9. The van der Waals surface area contributed by atoms with Crippen LogP contribution in [-0.4, -0.2) is 29.9 Å². The van der Waals surface area contributed by atoms with Gasteiger partial charge in [-0.1, -0.05) is 30.3 Å². The third-order valence-electron chi connectivity index (χ3n) is 3.15. The number of carboxylic acid groups (broad SMARTS) is 1. The van der Waals surface area contributed by atoms with Crippen molar-refractivity contribution in [3.05, 3.63) is 35.9 Å². The summed E-state index contributed by atoms with van der Waals surface area (Å²) in [6.07, 6.45) is 1.59. The van der Waals surface area contributed by atoms with E-state index in [1.54, 1.807) is 0 Å². The van der Waals surface area contributed by atoms with E-state index in [0.717, 1.165) is 18.4 Å². The van der Waals surface area contributed by atoms with E-state index in [4.69, 9.17) is 14.6 Å². The van der Waals surface area contributed by atoms with Crippen LogP contribution >= 0.6 is 0 Å². The fraction of sp³-hybridized carbons (Fsp3) is 0.500. The lowest BCUT2D eigenvalue weighted by atomic mass is 9.92. The minimum atomic E-state index is -0.839. The molecule has 1 N–H and O–H groups in total. The van der Waals surface area contributed by atoms with Crippen LogP contribution in [0.15, 0.2) is 30.3 Å². The first-order chi connectivity index (χ1) is 8.70. The van der Waals surface area contributed by atoms with Crippen molar-refractivity contribution in [2.75, 3.05) is 13.2 Å². The highest BCUT2D eigenvalue weighted by molar-refractivity contribution is 5.68. The number of hydrogen-bond donors (Lipinski definition) is 1. The molecule has 1 atom stereocenters. The van der Waals surface area contributed by atoms with E-state index in [9.17, 15) is 4.79 Å². The van der Waals surface area contributed by atoms with Gasteiger partial charge < -0.3 is 14.6 Å². The van der Waals surface area contributed by atoms with Gasteiger partial charge in [0.25, 0.3) is 0 Å². The number of ether oxygens (including phenoxy) is 2. The summed E-state index contributed by atoms with van der Waals surface area (Å²) < 4.78 is 11.2. The SMILES string of the molecule is O=C(O)CC1(OCc2ccccc2)CCCOC1. The van der Waals surface area contributed by atoms with Crippen LogP contribution in [0, 0.1) is 0 Å². The molecule has 0 aliphatic carbocycles. The molecule has 0 aromatic heterocycles. The molecule has 0 spiro atoms. The molecule has 1 aromatic carbocycles. The predicted molar refractivity (Wildman–Crippen MR) is 66.3 cm³/mol. The summed E-state index contributed by atoms with van der Waals surface area (Å²) in [6, 6.07) is 9.77. The van der Waals surface area contributed by atoms with Crippen molar-refractivity contribution in [1.82, 2.24) is 0 Å². The molecule has 1 saturated heterocycles. The van der Waals surface area contributed by atoms with E-state index in [1.807, 2.05) is 30.3 Å². The van der Waals surface area contributed by atoms with E-state index >= 15 is 0 Å². The van der Waals surface area contributed by atoms with Crippen molar-refractivity contribution < 1.29 is 19.4 Å². The Morgan fingerprint density at radius 3 is 2.78 bits per heavy atom. The minimum Gasteiger partial charge on any atom is -0.481 e. The van der Waals surface area contributed by atoms with Gasteiger partial charge in [0.05, 0.1) is 19.6 Å². The summed E-state index contributed by atoms with van der Waals surface area (Å²) in [5.41, 5.74) is 0.382. The summed E-state index contributed by atoms with van der Waals surface area (Å²) in [4.78, 5) is 10.9. The Morgan fingerprint density at radius 1 is 1.39 bits per heavy atom. The first kappa shape index (κ1) is 13.1. The molecule has 4 heteroatoms. The Bertz CT molecular complexity index is 382. The van der Waals surface area contributed by atoms with Crippen LogP contribution in [0.2, 0.25) is 0 Å². The summed E-state index contributed by atoms with van der Waals surface area (Å²) in [5.74, 6) is -0.839. The van der Waals surface area contributed by atoms with Gasteiger partial charge in [0, 0.05) is 6.61 Å². The molecule has 1 heterocycles. The largest absolute Gasteiger partial charge is 0.481 e. The average molecular weight is 250 g/mol. The van der Waals surface area contributed by atoms with Crippen molar-refractivity contribution in [3.63, 3.8) is 0 Å². The van der Waals surface area contributed by atoms with Crippen molar-refractivity contribution in [2.45, 2.75) is 31.5 Å². The summed E-state index contributed by atoms with van der Waals surface area (Å²) in [6.45, 7) is 1.49. The molecular weight excluding hydrogens is 232 g/mol. The average Bonchev–Trinajstić information content (AvgIpc) is 2.38. The van der Waals surface area contributed by atoms with E-state index in [1.165, 1.54) is 0 Å². The summed E-state index contributed by atoms with van der Waals surface area (Å²) >= 11 is 0. The lowest BCUT2D eigenvalue weighted by molar-refractivity contribution is -0.164. The molecule has 1 aliphatic heterocycles. The van der Waals surface area contributed by atoms with Crippen LogP contribution in [0.25, 0.3) is 0 Å². The standard InChI is InChI=1S/C14H18O4/c15-13(16)9-14(7-4-8-17-11-14)18-10-12-5-2-1-3-6-12/h1-3,5-6H,4,7-11H2,(H,15,16). The number of benzene rings is 1. The van der Waals surface area contributed by atoms with Gasteiger partial charge in [-0.15, -0.1) is 0 Å². The Kier molecular flexibility index (Phi) is 4.33. The van der Waals surface area contributed by atoms with Gasteiger partial charge in [0.2, 0.25) is 0 Å². The highest BCUT2D eigenvalue weighted by Crippen LogP contribution is 2.28. The molecular formula is C14H18O4. The zero-order valence-electron chi connectivity index (χ0n) is 10.3. The van der Waals surface area contributed by atoms with Crippen LogP contribution in [0.1, 0.15) is 24.8 Å². The maximum Gasteiger partial charge on any atom is 0.306 e. The number of carboxylic acids is 1. The fourth-order valence-electron chi connectivity index (χ4n) is 2.22. The zero-order valence-corrected chi connectivity index (χ0v) is 10.3. The normalized spacial score (nSPS) is 23.8. The first-order valence-corrected chi connectivity index (χ1v) is 6.18. The van der Waals surface area contributed by atoms with E-state index < -0.39 is 11.6 Å². The highest BCUT2D eigenvalue weighted by Gasteiger charge is 2.36. The second-order valence-corrected chi connectivity index (χ2v) is 4.68. The highest BCUT2D eigenvalue weighted by atomic mass is 16.5. The zero-order chi connectivity index (χ0) is 12.8. The minimum absolute atomic E-state index is 0.000165. The van der Waals surface area contributed by atoms with E-state index in [-0.39, 0.29) is 6.42 Å². The third kappa shape index (κ3) is 3.55. The molecule has 1 unspecified atom stereocenters. The topological polar surface area (TPSA) is 55.8 Å². The first-order valence-electron chi connectivity index (χ1n) is 6.18. The van der Waals surface area contributed by atoms with E-state index in [0.29, 0.717) is 19.8 Å². The molecule has 1 aromatic rings. The second-order valence-electron chi connectivity index (χ2n) is 4.68. The lowest BCUT2D eigenvalue weighted by Gasteiger charge is -2.35. The molecule has 0 amide bonds. The van der Waals surface area contributed by atoms with Gasteiger partial charge in [-0.2, -0.15) is 0 Å². The molecule has 4 nitrogen and oxygen atoms in total. The van der Waals surface area contributed by atoms with Crippen LogP contribution in [-0.2, 0) is 20.9 Å². The number of aliphatic carboxylic acids is 1. The maximum absolute atomic E-state index is 10.9. The summed E-state index contributed by atoms with van der Waals surface area (Å²) in [7, 11) is 0. The Hall–Kier alpha value is -1.39. The number of hydrogen-bond acceptors (Lipinski definition) is 3. The van der Waals surface area contributed by atoms with Gasteiger partial charge in [0.1, 0.15) is 5.60 Å². The van der Waals surface area contributed by atoms with Crippen LogP contribution in [0.5, 0.6) is 0 Å². The molecule has 2 rings (SSSR count). The third-order valence-corrected chi connectivity index (χ3v) is 3.15. The monoisotopic (exact) mass is 250 g/mol. The van der Waals surface area contributed by atoms with Crippen molar-refractivity contribution in [1.29, 1.82) is 0 Å². The van der Waals surface area contributed by atoms with Gasteiger partial charge in [-0.25, -0.2) is 0 Å². The van der Waals surface area contributed by atoms with Crippen molar-refractivity contribution in [2.24, 2.45) is 0 Å². The summed E-state index contributed by atoms with van der Waals surface area (Å²) in [5, 5.41) is 8.99. The molecule has 18 heavy (non-hydrogen) atoms. The molecule has 1 aliphatic rings. The molecule has 1 fully saturated rings. The van der Waals surface area contributed by atoms with Gasteiger partial charge >= 0.3 is 5.97 Å². The van der Waals surface area contributed by atoms with Crippen molar-refractivity contribution in [3.8, 4) is 0 Å². The van der Waals surface area contributed by atoms with Crippen molar-refractivity contribution >= 4 is 5.97 Å². The number of carbonyl (C=O) groups is 1. The van der Waals surface area contributed by atoms with Gasteiger partial charge in [-0.05, 0) is 18.4 Å². The Labute approximate surface area is 107 Å². The molecule has 0 bridgehead atoms. The van der Waals surface area contributed by atoms with Crippen LogP contribution < -0.4 is 0 Å². The molecule has 0 saturated carbocycles. The molecule has 0 radical (unpaired) electrons. The lowest BCUT2D eigenvalue weighted by Crippen LogP contribution is -2.43. The van der Waals surface area contributed by atoms with E-state index in [2.05, 4.69) is 0 Å². The smallest absolute Gasteiger partial charge is 0.306 e. The second kappa shape index (κ2) is 5.98. The van der Waals surface area contributed by atoms with Gasteiger partial charge in [0.15, 0.2) is 0 Å². The Balaban J connectivity index is 1.99. The fourth-order valence-corrected chi connectivity index (χ4v) is 2.22. The predicted octanol–water partition coefficient (Wildman–Crippen LogP) is 2.23.